The van der Waals surface area contributed by atoms with Crippen molar-refractivity contribution < 1.29 is 23.9 Å². The van der Waals surface area contributed by atoms with Crippen LogP contribution in [0.3, 0.4) is 0 Å². The Morgan fingerprint density at radius 1 is 0.974 bits per heavy atom. The second kappa shape index (κ2) is 12.0. The van der Waals surface area contributed by atoms with Gasteiger partial charge in [-0.05, 0) is 79.3 Å². The summed E-state index contributed by atoms with van der Waals surface area (Å²) >= 11 is 12.1. The zero-order valence-corrected chi connectivity index (χ0v) is 22.3. The van der Waals surface area contributed by atoms with E-state index in [9.17, 15) is 19.2 Å². The van der Waals surface area contributed by atoms with Crippen LogP contribution < -0.4 is 10.7 Å². The first-order chi connectivity index (χ1) is 18.2. The summed E-state index contributed by atoms with van der Waals surface area (Å²) in [6.07, 6.45) is 1.60. The van der Waals surface area contributed by atoms with Gasteiger partial charge in [-0.3, -0.25) is 19.8 Å². The summed E-state index contributed by atoms with van der Waals surface area (Å²) in [7, 11) is 0. The van der Waals surface area contributed by atoms with Gasteiger partial charge in [0.15, 0.2) is 10.9 Å². The van der Waals surface area contributed by atoms with E-state index < -0.39 is 30.3 Å². The quantitative estimate of drug-likeness (QED) is 0.236. The number of thioether (sulfide) groups is 1. The molecule has 1 aliphatic heterocycles. The highest BCUT2D eigenvalue weighted by molar-refractivity contribution is 8.26. The number of nitrogens with one attached hydrogen (secondary N) is 2. The van der Waals surface area contributed by atoms with E-state index in [2.05, 4.69) is 10.7 Å². The van der Waals surface area contributed by atoms with Crippen LogP contribution in [0.5, 0.6) is 0 Å². The first kappa shape index (κ1) is 27.1. The molecule has 3 aromatic rings. The number of hydrogen-bond acceptors (Lipinski definition) is 7. The fourth-order valence-corrected chi connectivity index (χ4v) is 4.55. The predicted molar refractivity (Wildman–Crippen MR) is 150 cm³/mol. The number of esters is 1. The van der Waals surface area contributed by atoms with Gasteiger partial charge in [-0.1, -0.05) is 53.2 Å². The van der Waals surface area contributed by atoms with Crippen molar-refractivity contribution in [1.82, 2.24) is 10.4 Å². The molecular weight excluding hydrogens is 546 g/mol. The number of rotatable bonds is 7. The molecule has 1 saturated heterocycles. The van der Waals surface area contributed by atoms with E-state index in [4.69, 9.17) is 28.6 Å². The minimum Gasteiger partial charge on any atom is -0.452 e. The molecule has 192 valence electrons. The number of aryl methyl sites for hydroxylation is 1. The van der Waals surface area contributed by atoms with Crippen LogP contribution in [0.4, 0.5) is 5.69 Å². The standard InChI is InChI=1S/C27H20ClN3O5S2/c1-16-2-12-21(13-3-16)29-23(32)15-36-26(35)19-6-4-17(5-7-19)14-22-25(34)31(27(37)38-22)30-24(33)18-8-10-20(28)11-9-18/h2-14H,15H2,1H3,(H,29,32)(H,30,33)/b22-14-. The molecule has 0 unspecified atom stereocenters. The van der Waals surface area contributed by atoms with Crippen molar-refractivity contribution >= 4 is 75.4 Å². The number of carbonyl (C=O) groups excluding carboxylic acids is 4. The van der Waals surface area contributed by atoms with Crippen molar-refractivity contribution in [2.24, 2.45) is 0 Å². The summed E-state index contributed by atoms with van der Waals surface area (Å²) in [6, 6.07) is 19.7. The Labute approximate surface area is 233 Å². The highest BCUT2D eigenvalue weighted by Crippen LogP contribution is 2.31. The highest BCUT2D eigenvalue weighted by atomic mass is 35.5. The van der Waals surface area contributed by atoms with Crippen LogP contribution in [0.2, 0.25) is 5.02 Å². The Balaban J connectivity index is 1.32. The van der Waals surface area contributed by atoms with Gasteiger partial charge in [-0.15, -0.1) is 0 Å². The number of nitrogens with zero attached hydrogens (tertiary/aromatic N) is 1. The highest BCUT2D eigenvalue weighted by Gasteiger charge is 2.33. The van der Waals surface area contributed by atoms with Crippen LogP contribution in [-0.2, 0) is 14.3 Å². The van der Waals surface area contributed by atoms with Gasteiger partial charge in [0, 0.05) is 16.3 Å². The monoisotopic (exact) mass is 565 g/mol. The molecule has 1 aliphatic rings. The zero-order chi connectivity index (χ0) is 27.2. The number of thiocarbonyl (C=S) groups is 1. The lowest BCUT2D eigenvalue weighted by Crippen LogP contribution is -2.44. The summed E-state index contributed by atoms with van der Waals surface area (Å²) in [5.41, 5.74) is 5.36. The van der Waals surface area contributed by atoms with Gasteiger partial charge >= 0.3 is 5.97 Å². The summed E-state index contributed by atoms with van der Waals surface area (Å²) in [4.78, 5) is 50.0. The molecule has 11 heteroatoms. The molecule has 0 spiro atoms. The van der Waals surface area contributed by atoms with Crippen molar-refractivity contribution in [3.63, 3.8) is 0 Å². The number of hydrogen-bond donors (Lipinski definition) is 2. The maximum absolute atomic E-state index is 12.8. The molecule has 2 N–H and O–H groups in total. The molecule has 0 aromatic heterocycles. The van der Waals surface area contributed by atoms with E-state index in [0.717, 1.165) is 22.3 Å². The maximum Gasteiger partial charge on any atom is 0.338 e. The molecule has 1 fully saturated rings. The number of amides is 3. The van der Waals surface area contributed by atoms with Gasteiger partial charge in [0.05, 0.1) is 10.5 Å². The summed E-state index contributed by atoms with van der Waals surface area (Å²) in [5, 5.41) is 4.15. The van der Waals surface area contributed by atoms with E-state index in [1.165, 1.54) is 24.3 Å². The smallest absolute Gasteiger partial charge is 0.338 e. The number of hydrazine groups is 1. The normalized spacial score (nSPS) is 13.9. The molecule has 0 saturated carbocycles. The van der Waals surface area contributed by atoms with Crippen molar-refractivity contribution in [3.05, 3.63) is 105 Å². The fourth-order valence-electron chi connectivity index (χ4n) is 3.25. The van der Waals surface area contributed by atoms with Crippen LogP contribution >= 0.6 is 35.6 Å². The van der Waals surface area contributed by atoms with Gasteiger partial charge < -0.3 is 10.1 Å². The van der Waals surface area contributed by atoms with E-state index in [-0.39, 0.29) is 9.88 Å². The topological polar surface area (TPSA) is 105 Å². The average molecular weight is 566 g/mol. The molecule has 8 nitrogen and oxygen atoms in total. The van der Waals surface area contributed by atoms with Gasteiger partial charge in [0.2, 0.25) is 0 Å². The number of ether oxygens (including phenoxy) is 1. The molecule has 3 aromatic carbocycles. The van der Waals surface area contributed by atoms with E-state index in [1.54, 1.807) is 42.5 Å². The predicted octanol–water partition coefficient (Wildman–Crippen LogP) is 4.99. The molecule has 0 atom stereocenters. The van der Waals surface area contributed by atoms with Crippen LogP contribution in [0.1, 0.15) is 31.8 Å². The first-order valence-corrected chi connectivity index (χ1v) is 12.8. The van der Waals surface area contributed by atoms with Gasteiger partial charge in [0.25, 0.3) is 17.7 Å². The molecule has 4 rings (SSSR count). The SMILES string of the molecule is Cc1ccc(NC(=O)COC(=O)c2ccc(/C=C3\SC(=S)N(NC(=O)c4ccc(Cl)cc4)C3=O)cc2)cc1. The van der Waals surface area contributed by atoms with Gasteiger partial charge in [-0.25, -0.2) is 4.79 Å². The number of anilines is 1. The van der Waals surface area contributed by atoms with E-state index >= 15 is 0 Å². The van der Waals surface area contributed by atoms with Crippen molar-refractivity contribution in [2.75, 3.05) is 11.9 Å². The maximum atomic E-state index is 12.8. The third-order valence-electron chi connectivity index (χ3n) is 5.23. The lowest BCUT2D eigenvalue weighted by atomic mass is 10.1. The Bertz CT molecular complexity index is 1440. The van der Waals surface area contributed by atoms with Crippen LogP contribution in [-0.4, -0.2) is 39.6 Å². The molecule has 0 aliphatic carbocycles. The molecule has 3 amide bonds. The Kier molecular flexibility index (Phi) is 8.57. The molecule has 38 heavy (non-hydrogen) atoms. The number of benzene rings is 3. The second-order valence-corrected chi connectivity index (χ2v) is 10.2. The third-order valence-corrected chi connectivity index (χ3v) is 6.78. The van der Waals surface area contributed by atoms with Crippen molar-refractivity contribution in [3.8, 4) is 0 Å². The number of carbonyl (C=O) groups is 4. The Morgan fingerprint density at radius 3 is 2.26 bits per heavy atom. The Morgan fingerprint density at radius 2 is 1.61 bits per heavy atom. The van der Waals surface area contributed by atoms with Crippen LogP contribution in [0.15, 0.2) is 77.7 Å². The summed E-state index contributed by atoms with van der Waals surface area (Å²) in [5.74, 6) is -2.10. The lowest BCUT2D eigenvalue weighted by Gasteiger charge is -2.15. The molecule has 0 radical (unpaired) electrons. The minimum atomic E-state index is -0.660. The summed E-state index contributed by atoms with van der Waals surface area (Å²) in [6.45, 7) is 1.51. The molecule has 0 bridgehead atoms. The van der Waals surface area contributed by atoms with Crippen molar-refractivity contribution in [2.45, 2.75) is 6.92 Å². The lowest BCUT2D eigenvalue weighted by molar-refractivity contribution is -0.123. The average Bonchev–Trinajstić information content (AvgIpc) is 3.16. The van der Waals surface area contributed by atoms with Crippen LogP contribution in [0.25, 0.3) is 6.08 Å². The second-order valence-electron chi connectivity index (χ2n) is 8.08. The largest absolute Gasteiger partial charge is 0.452 e. The summed E-state index contributed by atoms with van der Waals surface area (Å²) < 4.78 is 5.26. The molecular formula is C27H20ClN3O5S2. The zero-order valence-electron chi connectivity index (χ0n) is 19.9. The minimum absolute atomic E-state index is 0.174. The van der Waals surface area contributed by atoms with Gasteiger partial charge in [0.1, 0.15) is 0 Å². The number of halogens is 1. The van der Waals surface area contributed by atoms with Gasteiger partial charge in [-0.2, -0.15) is 5.01 Å². The first-order valence-electron chi connectivity index (χ1n) is 11.2. The third kappa shape index (κ3) is 6.86. The Hall–Kier alpha value is -3.99. The van der Waals surface area contributed by atoms with E-state index in [0.29, 0.717) is 26.7 Å². The van der Waals surface area contributed by atoms with Crippen LogP contribution in [0, 0.1) is 6.92 Å². The van der Waals surface area contributed by atoms with E-state index in [1.807, 2.05) is 19.1 Å². The van der Waals surface area contributed by atoms with Crippen molar-refractivity contribution in [1.29, 1.82) is 0 Å². The fraction of sp³-hybridized carbons (Fsp3) is 0.0741. The molecule has 1 heterocycles.